The molecular weight excluding hydrogens is 1720 g/mol. The van der Waals surface area contributed by atoms with E-state index in [1.54, 1.807) is 0 Å². The van der Waals surface area contributed by atoms with E-state index < -0.39 is 5.41 Å². The second-order valence-corrected chi connectivity index (χ2v) is 38.6. The van der Waals surface area contributed by atoms with Crippen LogP contribution in [0.2, 0.25) is 0 Å². The van der Waals surface area contributed by atoms with Gasteiger partial charge in [-0.05, 0) is 305 Å². The van der Waals surface area contributed by atoms with Crippen molar-refractivity contribution in [2.24, 2.45) is 0 Å². The number of hydrogen-bond donors (Lipinski definition) is 0. The van der Waals surface area contributed by atoms with Gasteiger partial charge in [-0.15, -0.1) is 0 Å². The molecule has 666 valence electrons. The summed E-state index contributed by atoms with van der Waals surface area (Å²) in [5.41, 5.74) is 43.2. The van der Waals surface area contributed by atoms with Crippen LogP contribution in [0.4, 0.5) is 34.1 Å². The van der Waals surface area contributed by atoms with Crippen LogP contribution in [0.15, 0.2) is 522 Å². The van der Waals surface area contributed by atoms with Crippen molar-refractivity contribution in [3.8, 4) is 101 Å². The van der Waals surface area contributed by atoms with Gasteiger partial charge in [-0.3, -0.25) is 0 Å². The van der Waals surface area contributed by atoms with Crippen molar-refractivity contribution in [2.75, 3.05) is 9.80 Å². The highest BCUT2D eigenvalue weighted by molar-refractivity contribution is 6.19. The summed E-state index contributed by atoms with van der Waals surface area (Å²) in [5.74, 6) is 0. The van der Waals surface area contributed by atoms with Gasteiger partial charge in [0.1, 0.15) is 0 Å². The van der Waals surface area contributed by atoms with Crippen LogP contribution in [-0.2, 0) is 10.8 Å². The molecule has 0 N–H and O–H groups in total. The Morgan fingerprint density at radius 1 is 0.162 bits per heavy atom. The lowest BCUT2D eigenvalue weighted by Crippen LogP contribution is -2.28. The Hall–Kier alpha value is -18.4. The van der Waals surface area contributed by atoms with E-state index >= 15 is 0 Å². The first-order valence-electron chi connectivity index (χ1n) is 49.2. The highest BCUT2D eigenvalue weighted by Gasteiger charge is 2.47. The van der Waals surface area contributed by atoms with Gasteiger partial charge in [0.05, 0.1) is 49.5 Å². The molecule has 22 aromatic carbocycles. The maximum Gasteiger partial charge on any atom is 0.0714 e. The molecule has 0 unspecified atom stereocenters. The lowest BCUT2D eigenvalue weighted by Gasteiger charge is -2.35. The molecule has 28 rings (SSSR count). The second kappa shape index (κ2) is 32.7. The van der Waals surface area contributed by atoms with E-state index in [0.717, 1.165) is 140 Å². The zero-order chi connectivity index (χ0) is 93.8. The quantitative estimate of drug-likeness (QED) is 0.0908. The Balaban J connectivity index is 0.583. The van der Waals surface area contributed by atoms with Crippen LogP contribution in [0.5, 0.6) is 0 Å². The van der Waals surface area contributed by atoms with Crippen LogP contribution in [0.3, 0.4) is 0 Å². The summed E-state index contributed by atoms with van der Waals surface area (Å²) in [5, 5.41) is 9.61. The molecular formula is C136H92N6. The number of rotatable bonds is 17. The third kappa shape index (κ3) is 12.9. The molecule has 4 heterocycles. The Morgan fingerprint density at radius 3 is 0.993 bits per heavy atom. The summed E-state index contributed by atoms with van der Waals surface area (Å²) >= 11 is 0. The number of hydrogen-bond acceptors (Lipinski definition) is 2. The lowest BCUT2D eigenvalue weighted by atomic mass is 9.67. The van der Waals surface area contributed by atoms with Crippen molar-refractivity contribution in [2.45, 2.75) is 24.7 Å². The van der Waals surface area contributed by atoms with Crippen LogP contribution in [0.25, 0.3) is 188 Å². The minimum absolute atomic E-state index is 0.200. The molecule has 0 amide bonds. The number of aromatic nitrogens is 4. The van der Waals surface area contributed by atoms with Crippen molar-refractivity contribution < 1.29 is 0 Å². The van der Waals surface area contributed by atoms with Crippen molar-refractivity contribution in [3.05, 3.63) is 555 Å². The molecule has 4 aromatic heterocycles. The molecule has 0 saturated carbocycles. The molecule has 0 bridgehead atoms. The maximum absolute atomic E-state index is 2.49. The van der Waals surface area contributed by atoms with Crippen LogP contribution >= 0.6 is 0 Å². The van der Waals surface area contributed by atoms with Gasteiger partial charge in [-0.1, -0.05) is 341 Å². The van der Waals surface area contributed by atoms with E-state index in [1.165, 1.54) is 115 Å². The molecule has 2 aliphatic carbocycles. The zero-order valence-corrected chi connectivity index (χ0v) is 78.3. The highest BCUT2D eigenvalue weighted by atomic mass is 15.2. The van der Waals surface area contributed by atoms with Crippen LogP contribution < -0.4 is 9.80 Å². The highest BCUT2D eigenvalue weighted by Crippen LogP contribution is 2.59. The van der Waals surface area contributed by atoms with Crippen molar-refractivity contribution in [1.82, 2.24) is 18.3 Å². The molecule has 0 spiro atoms. The molecule has 6 nitrogen and oxygen atoms in total. The van der Waals surface area contributed by atoms with E-state index in [4.69, 9.17) is 0 Å². The monoisotopic (exact) mass is 1810 g/mol. The third-order valence-corrected chi connectivity index (χ3v) is 30.5. The lowest BCUT2D eigenvalue weighted by molar-refractivity contribution is 0.660. The average Bonchev–Trinajstić information content (AvgIpc) is 1.53. The van der Waals surface area contributed by atoms with Gasteiger partial charge in [-0.25, -0.2) is 0 Å². The average molecular weight is 1810 g/mol. The number of fused-ring (bicyclic) bond motifs is 18. The standard InChI is InChI=1S/C136H92N6/c1-135(2)122-53-27-21-46-111(122)113-74-71-106(87-124(113)135)137(100-38-13-5-14-39-100)108-80-94(78-96(82-108)91-65-76-130-120(84-91)117-50-25-31-57-128(117)139(130)102-42-17-7-18-43-102)90-62-69-105(70-63-90)141-129-58-32-26-51-119(129)134-110(52-33-59-132(134)141)93-64-73-118-121-85-92(66-77-131(121)142(133(118)86-93)103-44-19-8-20-45-103)97-79-95(89-60-67-104(68-61-89)140-126-55-29-23-48-115(126)116-49-24-30-56-127(116)140)81-109(83-97)138(101-40-15-6-16-41-101)107-72-75-114-112-47-22-28-54-123(112)136(125(114)88-107,98-34-9-3-10-35-98)99-36-11-4-12-37-99/h3-88H,1-2H3. The van der Waals surface area contributed by atoms with Gasteiger partial charge in [0.15, 0.2) is 0 Å². The van der Waals surface area contributed by atoms with E-state index in [-0.39, 0.29) is 5.41 Å². The minimum Gasteiger partial charge on any atom is -0.310 e. The van der Waals surface area contributed by atoms with Gasteiger partial charge in [0, 0.05) is 105 Å². The van der Waals surface area contributed by atoms with E-state index in [0.29, 0.717) is 0 Å². The topological polar surface area (TPSA) is 26.2 Å². The largest absolute Gasteiger partial charge is 0.310 e. The second-order valence-electron chi connectivity index (χ2n) is 38.6. The summed E-state index contributed by atoms with van der Waals surface area (Å²) in [6.45, 7) is 4.75. The SMILES string of the molecule is CC1(C)c2ccccc2-c2ccc(N(c3ccccc3)c3cc(-c4ccc(-n5c6ccccc6c6c(-c7ccc8c9cc(-c%10cc(-c%11ccc(-n%12c%13ccccc%13c%13ccccc%13%12)cc%11)cc(N(c%11ccccc%11)c%11ccc%12c(c%11)C(c%11ccccc%11)(c%11ccccc%11)c%11ccccc%11-%12)c%10)ccc9n(-c9ccccc9)c8c7)cccc65)cc4)cc(-c4ccc5c(c4)c4ccccc4n5-c4ccccc4)c3)cc21. The van der Waals surface area contributed by atoms with Gasteiger partial charge < -0.3 is 28.1 Å². The molecule has 0 saturated heterocycles. The Bertz CT molecular complexity index is 9450. The summed E-state index contributed by atoms with van der Waals surface area (Å²) < 4.78 is 9.77. The molecule has 0 atom stereocenters. The first kappa shape index (κ1) is 81.9. The third-order valence-electron chi connectivity index (χ3n) is 30.5. The predicted molar refractivity (Wildman–Crippen MR) is 595 cm³/mol. The Labute approximate surface area is 823 Å². The minimum atomic E-state index is -0.612. The fraction of sp³-hybridized carbons (Fsp3) is 0.0294. The Morgan fingerprint density at radius 2 is 0.493 bits per heavy atom. The van der Waals surface area contributed by atoms with Crippen LogP contribution in [0, 0.1) is 0 Å². The maximum atomic E-state index is 2.49. The summed E-state index contributed by atoms with van der Waals surface area (Å²) in [6, 6.07) is 195. The smallest absolute Gasteiger partial charge is 0.0714 e. The van der Waals surface area contributed by atoms with Gasteiger partial charge in [0.25, 0.3) is 0 Å². The molecule has 0 aliphatic heterocycles. The number of para-hydroxylation sites is 8. The normalized spacial score (nSPS) is 12.8. The predicted octanol–water partition coefficient (Wildman–Crippen LogP) is 36.0. The molecule has 0 fully saturated rings. The van der Waals surface area contributed by atoms with E-state index in [9.17, 15) is 0 Å². The number of anilines is 6. The fourth-order valence-electron chi connectivity index (χ4n) is 24.2. The Kier molecular flexibility index (Phi) is 18.9. The van der Waals surface area contributed by atoms with Crippen molar-refractivity contribution >= 4 is 121 Å². The summed E-state index contributed by atoms with van der Waals surface area (Å²) in [4.78, 5) is 4.95. The summed E-state index contributed by atoms with van der Waals surface area (Å²) in [7, 11) is 0. The van der Waals surface area contributed by atoms with Crippen LogP contribution in [0.1, 0.15) is 47.2 Å². The molecule has 142 heavy (non-hydrogen) atoms. The molecule has 0 radical (unpaired) electrons. The van der Waals surface area contributed by atoms with E-state index in [2.05, 4.69) is 564 Å². The fourth-order valence-corrected chi connectivity index (χ4v) is 24.2. The first-order chi connectivity index (χ1) is 70.2. The van der Waals surface area contributed by atoms with Gasteiger partial charge in [-0.2, -0.15) is 0 Å². The van der Waals surface area contributed by atoms with Crippen molar-refractivity contribution in [3.63, 3.8) is 0 Å². The number of benzene rings is 22. The zero-order valence-electron chi connectivity index (χ0n) is 78.3. The molecule has 6 heteroatoms. The van der Waals surface area contributed by atoms with E-state index in [1.807, 2.05) is 0 Å². The van der Waals surface area contributed by atoms with Gasteiger partial charge in [0.2, 0.25) is 0 Å². The molecule has 26 aromatic rings. The number of nitrogens with zero attached hydrogens (tertiary/aromatic N) is 6. The van der Waals surface area contributed by atoms with Gasteiger partial charge >= 0.3 is 0 Å². The summed E-state index contributed by atoms with van der Waals surface area (Å²) in [6.07, 6.45) is 0. The van der Waals surface area contributed by atoms with Crippen LogP contribution in [-0.4, -0.2) is 18.3 Å². The first-order valence-corrected chi connectivity index (χ1v) is 49.2. The molecule has 2 aliphatic rings. The van der Waals surface area contributed by atoms with Crippen molar-refractivity contribution in [1.29, 1.82) is 0 Å².